The van der Waals surface area contributed by atoms with Crippen LogP contribution in [0, 0.1) is 0 Å². The molecule has 0 saturated heterocycles. The van der Waals surface area contributed by atoms with E-state index in [1.165, 1.54) is 23.5 Å². The Morgan fingerprint density at radius 3 is 1.68 bits per heavy atom. The maximum absolute atomic E-state index is 13.0. The highest BCUT2D eigenvalue weighted by molar-refractivity contribution is 8.03. The molecule has 8 heteroatoms. The Kier molecular flexibility index (Phi) is 10.1. The van der Waals surface area contributed by atoms with E-state index in [0.29, 0.717) is 31.3 Å². The molecule has 0 spiro atoms. The van der Waals surface area contributed by atoms with E-state index in [1.807, 2.05) is 88.4 Å². The quantitative estimate of drug-likeness (QED) is 0.180. The number of ether oxygens (including phenoxy) is 5. The van der Waals surface area contributed by atoms with Crippen LogP contribution in [0.15, 0.2) is 81.1 Å². The summed E-state index contributed by atoms with van der Waals surface area (Å²) in [5.74, 6) is -2.83. The van der Waals surface area contributed by atoms with Gasteiger partial charge in [0.1, 0.15) is 0 Å². The van der Waals surface area contributed by atoms with Gasteiger partial charge in [-0.2, -0.15) is 0 Å². The summed E-state index contributed by atoms with van der Waals surface area (Å²) in [7, 11) is 0. The second kappa shape index (κ2) is 12.8. The Morgan fingerprint density at radius 2 is 1.18 bits per heavy atom. The van der Waals surface area contributed by atoms with Gasteiger partial charge in [0, 0.05) is 36.2 Å². The van der Waals surface area contributed by atoms with Gasteiger partial charge in [0.25, 0.3) is 11.6 Å². The molecule has 0 amide bonds. The van der Waals surface area contributed by atoms with Gasteiger partial charge >= 0.3 is 5.97 Å². The highest BCUT2D eigenvalue weighted by Crippen LogP contribution is 2.60. The minimum absolute atomic E-state index is 0.140. The van der Waals surface area contributed by atoms with Crippen molar-refractivity contribution >= 4 is 29.5 Å². The molecule has 0 fully saturated rings. The van der Waals surface area contributed by atoms with Crippen molar-refractivity contribution in [2.45, 2.75) is 49.1 Å². The van der Waals surface area contributed by atoms with Crippen LogP contribution in [-0.2, 0) is 28.5 Å². The Morgan fingerprint density at radius 1 is 0.706 bits per heavy atom. The smallest absolute Gasteiger partial charge is 0.321 e. The molecule has 1 aliphatic carbocycles. The summed E-state index contributed by atoms with van der Waals surface area (Å²) in [6.07, 6.45) is 0. The van der Waals surface area contributed by atoms with Gasteiger partial charge in [-0.25, -0.2) is 0 Å². The number of benzene rings is 2. The van der Waals surface area contributed by atoms with Crippen molar-refractivity contribution in [1.29, 1.82) is 0 Å². The topological polar surface area (TPSA) is 63.2 Å². The van der Waals surface area contributed by atoms with E-state index in [9.17, 15) is 4.79 Å². The summed E-state index contributed by atoms with van der Waals surface area (Å²) in [6, 6.07) is 19.5. The van der Waals surface area contributed by atoms with E-state index in [0.717, 1.165) is 9.79 Å². The first-order chi connectivity index (χ1) is 16.6. The van der Waals surface area contributed by atoms with E-state index in [4.69, 9.17) is 23.7 Å². The molecular weight excluding hydrogens is 472 g/mol. The van der Waals surface area contributed by atoms with Crippen LogP contribution in [0.25, 0.3) is 0 Å². The minimum atomic E-state index is -1.49. The lowest BCUT2D eigenvalue weighted by Gasteiger charge is -2.55. The third-order valence-corrected chi connectivity index (χ3v) is 7.06. The molecule has 0 aromatic heterocycles. The van der Waals surface area contributed by atoms with Gasteiger partial charge in [-0.15, -0.1) is 11.8 Å². The normalized spacial score (nSPS) is 16.2. The van der Waals surface area contributed by atoms with E-state index in [-0.39, 0.29) is 11.5 Å². The highest BCUT2D eigenvalue weighted by atomic mass is 32.2. The Bertz CT molecular complexity index is 936. The average molecular weight is 505 g/mol. The van der Waals surface area contributed by atoms with Crippen LogP contribution < -0.4 is 0 Å². The molecule has 0 saturated carbocycles. The number of carbonyl (C=O) groups excluding carboxylic acids is 1. The minimum Gasteiger partial charge on any atom is -0.423 e. The second-order valence-corrected chi connectivity index (χ2v) is 9.25. The summed E-state index contributed by atoms with van der Waals surface area (Å²) in [5, 5.41) is 0. The lowest BCUT2D eigenvalue weighted by molar-refractivity contribution is -0.402. The number of thioether (sulfide) groups is 2. The van der Waals surface area contributed by atoms with Crippen molar-refractivity contribution in [2.75, 3.05) is 32.2 Å². The fourth-order valence-electron chi connectivity index (χ4n) is 3.71. The SMILES string of the molecule is CCOC1(OCC)C(OC(=O)CSc2ccccc2)=C(Sc2ccccc2)C1(OCC)OCC. The number of hydrogen-bond donors (Lipinski definition) is 0. The number of esters is 1. The first kappa shape index (κ1) is 26.8. The molecule has 0 aliphatic heterocycles. The molecule has 0 bridgehead atoms. The van der Waals surface area contributed by atoms with Gasteiger partial charge in [-0.3, -0.25) is 4.79 Å². The van der Waals surface area contributed by atoms with Gasteiger partial charge in [-0.05, 0) is 52.0 Å². The summed E-state index contributed by atoms with van der Waals surface area (Å²) in [6.45, 7) is 8.81. The van der Waals surface area contributed by atoms with Crippen LogP contribution in [0.4, 0.5) is 0 Å². The summed E-state index contributed by atoms with van der Waals surface area (Å²) in [5.41, 5.74) is 0. The highest BCUT2D eigenvalue weighted by Gasteiger charge is 2.73. The van der Waals surface area contributed by atoms with Gasteiger partial charge in [0.05, 0.1) is 10.7 Å². The second-order valence-electron chi connectivity index (χ2n) is 7.11. The molecule has 34 heavy (non-hydrogen) atoms. The molecular formula is C26H32O6S2. The molecule has 184 valence electrons. The van der Waals surface area contributed by atoms with Crippen molar-refractivity contribution in [2.24, 2.45) is 0 Å². The molecule has 3 rings (SSSR count). The van der Waals surface area contributed by atoms with Gasteiger partial charge in [0.15, 0.2) is 5.76 Å². The average Bonchev–Trinajstić information content (AvgIpc) is 2.86. The summed E-state index contributed by atoms with van der Waals surface area (Å²) < 4.78 is 30.6. The van der Waals surface area contributed by atoms with E-state index in [2.05, 4.69) is 0 Å². The Balaban J connectivity index is 2.00. The fourth-order valence-corrected chi connectivity index (χ4v) is 5.59. The molecule has 0 unspecified atom stereocenters. The van der Waals surface area contributed by atoms with Crippen LogP contribution in [-0.4, -0.2) is 49.7 Å². The lowest BCUT2D eigenvalue weighted by atomic mass is 9.88. The summed E-state index contributed by atoms with van der Waals surface area (Å²) >= 11 is 2.83. The largest absolute Gasteiger partial charge is 0.423 e. The molecule has 0 atom stereocenters. The third-order valence-electron chi connectivity index (χ3n) is 4.91. The van der Waals surface area contributed by atoms with Crippen LogP contribution >= 0.6 is 23.5 Å². The number of carbonyl (C=O) groups is 1. The maximum Gasteiger partial charge on any atom is 0.321 e. The first-order valence-electron chi connectivity index (χ1n) is 11.5. The molecule has 6 nitrogen and oxygen atoms in total. The molecule has 1 aliphatic rings. The zero-order valence-electron chi connectivity index (χ0n) is 20.1. The predicted molar refractivity (Wildman–Crippen MR) is 135 cm³/mol. The standard InChI is InChI=1S/C26H32O6S2/c1-5-28-25(29-6-2)23(32-22(27)19-33-20-15-11-9-12-16-20)24(26(25,30-7-3)31-8-4)34-21-17-13-10-14-18-21/h9-18H,5-8,19H2,1-4H3. The molecule has 0 N–H and O–H groups in total. The van der Waals surface area contributed by atoms with Gasteiger partial charge < -0.3 is 23.7 Å². The molecule has 0 heterocycles. The van der Waals surface area contributed by atoms with Crippen LogP contribution in [0.3, 0.4) is 0 Å². The van der Waals surface area contributed by atoms with E-state index < -0.39 is 17.5 Å². The fraction of sp³-hybridized carbons (Fsp3) is 0.423. The molecule has 2 aromatic rings. The van der Waals surface area contributed by atoms with Gasteiger partial charge in [0.2, 0.25) is 0 Å². The first-order valence-corrected chi connectivity index (χ1v) is 13.3. The van der Waals surface area contributed by atoms with Gasteiger partial charge in [-0.1, -0.05) is 48.2 Å². The van der Waals surface area contributed by atoms with Crippen LogP contribution in [0.1, 0.15) is 27.7 Å². The third kappa shape index (κ3) is 5.53. The number of hydrogen-bond acceptors (Lipinski definition) is 8. The predicted octanol–water partition coefficient (Wildman–Crippen LogP) is 5.88. The molecule has 2 aromatic carbocycles. The van der Waals surface area contributed by atoms with Crippen molar-refractivity contribution in [3.05, 3.63) is 71.3 Å². The van der Waals surface area contributed by atoms with Crippen molar-refractivity contribution in [1.82, 2.24) is 0 Å². The number of rotatable bonds is 14. The monoisotopic (exact) mass is 504 g/mol. The van der Waals surface area contributed by atoms with Crippen LogP contribution in [0.5, 0.6) is 0 Å². The van der Waals surface area contributed by atoms with E-state index in [1.54, 1.807) is 0 Å². The van der Waals surface area contributed by atoms with Crippen molar-refractivity contribution in [3.63, 3.8) is 0 Å². The van der Waals surface area contributed by atoms with Crippen molar-refractivity contribution < 1.29 is 28.5 Å². The summed E-state index contributed by atoms with van der Waals surface area (Å²) in [4.78, 5) is 15.5. The van der Waals surface area contributed by atoms with Crippen molar-refractivity contribution in [3.8, 4) is 0 Å². The zero-order valence-corrected chi connectivity index (χ0v) is 21.7. The maximum atomic E-state index is 13.0. The lowest BCUT2D eigenvalue weighted by Crippen LogP contribution is -2.70. The van der Waals surface area contributed by atoms with E-state index >= 15 is 0 Å². The van der Waals surface area contributed by atoms with Crippen LogP contribution in [0.2, 0.25) is 0 Å². The Labute approximate surface area is 210 Å². The zero-order chi connectivity index (χ0) is 24.4. The Hall–Kier alpha value is -1.81. The molecule has 0 radical (unpaired) electrons.